The van der Waals surface area contributed by atoms with Crippen LogP contribution in [0.3, 0.4) is 0 Å². The SMILES string of the molecule is O=C(c1ccc2nccnc2c1)N(Cc1ccc(-c2ccccc2)cc1)Cc1ccoc1. The van der Waals surface area contributed by atoms with E-state index < -0.39 is 0 Å². The van der Waals surface area contributed by atoms with Crippen LogP contribution in [-0.4, -0.2) is 20.8 Å². The van der Waals surface area contributed by atoms with Crippen molar-refractivity contribution in [3.05, 3.63) is 120 Å². The molecule has 5 nitrogen and oxygen atoms in total. The van der Waals surface area contributed by atoms with Gasteiger partial charge in [0.15, 0.2) is 0 Å². The largest absolute Gasteiger partial charge is 0.472 e. The molecule has 1 amide bonds. The van der Waals surface area contributed by atoms with Crippen LogP contribution >= 0.6 is 0 Å². The van der Waals surface area contributed by atoms with Crippen LogP contribution in [0.15, 0.2) is 108 Å². The molecular weight excluding hydrogens is 398 g/mol. The summed E-state index contributed by atoms with van der Waals surface area (Å²) in [7, 11) is 0. The predicted octanol–water partition coefficient (Wildman–Crippen LogP) is 5.73. The zero-order chi connectivity index (χ0) is 21.8. The molecule has 0 unspecified atom stereocenters. The lowest BCUT2D eigenvalue weighted by Gasteiger charge is -2.23. The monoisotopic (exact) mass is 419 g/mol. The van der Waals surface area contributed by atoms with Gasteiger partial charge in [-0.15, -0.1) is 0 Å². The van der Waals surface area contributed by atoms with Gasteiger partial charge in [-0.25, -0.2) is 0 Å². The van der Waals surface area contributed by atoms with Crippen molar-refractivity contribution in [1.82, 2.24) is 14.9 Å². The molecule has 0 aliphatic heterocycles. The van der Waals surface area contributed by atoms with Gasteiger partial charge in [-0.2, -0.15) is 0 Å². The van der Waals surface area contributed by atoms with E-state index in [9.17, 15) is 4.79 Å². The predicted molar refractivity (Wildman–Crippen MR) is 124 cm³/mol. The first-order chi connectivity index (χ1) is 15.8. The van der Waals surface area contributed by atoms with E-state index in [1.54, 1.807) is 37.1 Å². The summed E-state index contributed by atoms with van der Waals surface area (Å²) in [6.07, 6.45) is 6.57. The summed E-state index contributed by atoms with van der Waals surface area (Å²) in [6, 6.07) is 25.9. The third-order valence-corrected chi connectivity index (χ3v) is 5.39. The Balaban J connectivity index is 1.42. The lowest BCUT2D eigenvalue weighted by atomic mass is 10.0. The molecule has 5 rings (SSSR count). The van der Waals surface area contributed by atoms with Crippen molar-refractivity contribution in [1.29, 1.82) is 0 Å². The Kier molecular flexibility index (Phi) is 5.45. The van der Waals surface area contributed by atoms with E-state index in [0.717, 1.165) is 22.2 Å². The van der Waals surface area contributed by atoms with Crippen LogP contribution in [0.25, 0.3) is 22.2 Å². The van der Waals surface area contributed by atoms with Crippen molar-refractivity contribution >= 4 is 16.9 Å². The minimum absolute atomic E-state index is 0.0640. The number of aromatic nitrogens is 2. The van der Waals surface area contributed by atoms with E-state index in [2.05, 4.69) is 46.4 Å². The quantitative estimate of drug-likeness (QED) is 0.353. The maximum atomic E-state index is 13.5. The Bertz CT molecular complexity index is 1330. The minimum Gasteiger partial charge on any atom is -0.472 e. The number of furan rings is 1. The number of carbonyl (C=O) groups is 1. The maximum Gasteiger partial charge on any atom is 0.254 e. The Morgan fingerprint density at radius 2 is 1.47 bits per heavy atom. The van der Waals surface area contributed by atoms with E-state index in [1.807, 2.05) is 35.2 Å². The summed E-state index contributed by atoms with van der Waals surface area (Å²) >= 11 is 0. The second-order valence-electron chi connectivity index (χ2n) is 7.62. The first-order valence-electron chi connectivity index (χ1n) is 10.4. The second-order valence-corrected chi connectivity index (χ2v) is 7.62. The normalized spacial score (nSPS) is 10.9. The van der Waals surface area contributed by atoms with Crippen molar-refractivity contribution in [3.63, 3.8) is 0 Å². The molecule has 5 aromatic rings. The number of fused-ring (bicyclic) bond motifs is 1. The van der Waals surface area contributed by atoms with Crippen LogP contribution in [0.4, 0.5) is 0 Å². The molecule has 0 bridgehead atoms. The molecule has 5 heteroatoms. The lowest BCUT2D eigenvalue weighted by molar-refractivity contribution is 0.0730. The highest BCUT2D eigenvalue weighted by Crippen LogP contribution is 2.22. The molecule has 0 radical (unpaired) electrons. The summed E-state index contributed by atoms with van der Waals surface area (Å²) in [5, 5.41) is 0. The number of nitrogens with zero attached hydrogens (tertiary/aromatic N) is 3. The number of amides is 1. The van der Waals surface area contributed by atoms with Crippen molar-refractivity contribution in [2.75, 3.05) is 0 Å². The molecule has 0 saturated heterocycles. The molecule has 0 atom stereocenters. The highest BCUT2D eigenvalue weighted by atomic mass is 16.3. The molecule has 32 heavy (non-hydrogen) atoms. The molecule has 2 aromatic heterocycles. The van der Waals surface area contributed by atoms with E-state index in [-0.39, 0.29) is 5.91 Å². The molecule has 3 aromatic carbocycles. The summed E-state index contributed by atoms with van der Waals surface area (Å²) in [5.74, 6) is -0.0640. The second kappa shape index (κ2) is 8.86. The summed E-state index contributed by atoms with van der Waals surface area (Å²) in [6.45, 7) is 0.936. The first-order valence-corrected chi connectivity index (χ1v) is 10.4. The Morgan fingerprint density at radius 3 is 2.22 bits per heavy atom. The van der Waals surface area contributed by atoms with Crippen LogP contribution < -0.4 is 0 Å². The maximum absolute atomic E-state index is 13.5. The topological polar surface area (TPSA) is 59.2 Å². The number of hydrogen-bond acceptors (Lipinski definition) is 4. The fourth-order valence-corrected chi connectivity index (χ4v) is 3.73. The molecule has 0 aliphatic carbocycles. The van der Waals surface area contributed by atoms with Crippen LogP contribution in [0.2, 0.25) is 0 Å². The van der Waals surface area contributed by atoms with Gasteiger partial charge in [-0.05, 0) is 41.0 Å². The summed E-state index contributed by atoms with van der Waals surface area (Å²) < 4.78 is 5.22. The molecule has 0 spiro atoms. The molecule has 2 heterocycles. The van der Waals surface area contributed by atoms with Gasteiger partial charge in [0, 0.05) is 36.6 Å². The van der Waals surface area contributed by atoms with Gasteiger partial charge in [0.1, 0.15) is 0 Å². The van der Waals surface area contributed by atoms with Crippen LogP contribution in [0, 0.1) is 0 Å². The van der Waals surface area contributed by atoms with Crippen molar-refractivity contribution < 1.29 is 9.21 Å². The van der Waals surface area contributed by atoms with E-state index >= 15 is 0 Å². The van der Waals surface area contributed by atoms with E-state index in [1.165, 1.54) is 5.56 Å². The summed E-state index contributed by atoms with van der Waals surface area (Å²) in [5.41, 5.74) is 6.37. The fourth-order valence-electron chi connectivity index (χ4n) is 3.73. The number of hydrogen-bond donors (Lipinski definition) is 0. The number of benzene rings is 3. The van der Waals surface area contributed by atoms with E-state index in [0.29, 0.717) is 24.2 Å². The lowest BCUT2D eigenvalue weighted by Crippen LogP contribution is -2.30. The van der Waals surface area contributed by atoms with Crippen molar-refractivity contribution in [2.45, 2.75) is 13.1 Å². The smallest absolute Gasteiger partial charge is 0.254 e. The third-order valence-electron chi connectivity index (χ3n) is 5.39. The molecule has 0 saturated carbocycles. The van der Waals surface area contributed by atoms with Crippen molar-refractivity contribution in [2.24, 2.45) is 0 Å². The fraction of sp³-hybridized carbons (Fsp3) is 0.0741. The molecule has 0 fully saturated rings. The molecule has 0 N–H and O–H groups in total. The molecule has 156 valence electrons. The zero-order valence-electron chi connectivity index (χ0n) is 17.4. The molecular formula is C27H21N3O2. The van der Waals surface area contributed by atoms with Gasteiger partial charge < -0.3 is 9.32 Å². The Morgan fingerprint density at radius 1 is 0.750 bits per heavy atom. The van der Waals surface area contributed by atoms with Crippen molar-refractivity contribution in [3.8, 4) is 11.1 Å². The molecule has 0 aliphatic rings. The zero-order valence-corrected chi connectivity index (χ0v) is 17.4. The highest BCUT2D eigenvalue weighted by Gasteiger charge is 2.18. The van der Waals surface area contributed by atoms with Gasteiger partial charge in [-0.3, -0.25) is 14.8 Å². The van der Waals surface area contributed by atoms with Gasteiger partial charge >= 0.3 is 0 Å². The Hall–Kier alpha value is -4.25. The van der Waals surface area contributed by atoms with Gasteiger partial charge in [0.2, 0.25) is 0 Å². The average molecular weight is 419 g/mol. The first kappa shape index (κ1) is 19.7. The van der Waals surface area contributed by atoms with Gasteiger partial charge in [-0.1, -0.05) is 54.6 Å². The average Bonchev–Trinajstić information content (AvgIpc) is 3.37. The number of rotatable bonds is 6. The van der Waals surface area contributed by atoms with E-state index in [4.69, 9.17) is 4.42 Å². The standard InChI is InChI=1S/C27H21N3O2/c31-27(24-10-11-25-26(16-24)29-14-13-28-25)30(18-21-12-15-32-19-21)17-20-6-8-23(9-7-20)22-4-2-1-3-5-22/h1-16,19H,17-18H2. The van der Waals surface area contributed by atoms with Gasteiger partial charge in [0.05, 0.1) is 23.6 Å². The van der Waals surface area contributed by atoms with Gasteiger partial charge in [0.25, 0.3) is 5.91 Å². The highest BCUT2D eigenvalue weighted by molar-refractivity contribution is 5.97. The third kappa shape index (κ3) is 4.27. The minimum atomic E-state index is -0.0640. The van der Waals surface area contributed by atoms with Crippen LogP contribution in [0.5, 0.6) is 0 Å². The van der Waals surface area contributed by atoms with Crippen LogP contribution in [0.1, 0.15) is 21.5 Å². The number of carbonyl (C=O) groups excluding carboxylic acids is 1. The van der Waals surface area contributed by atoms with Crippen LogP contribution in [-0.2, 0) is 13.1 Å². The summed E-state index contributed by atoms with van der Waals surface area (Å²) in [4.78, 5) is 23.9. The Labute approximate surface area is 186 Å².